The van der Waals surface area contributed by atoms with Crippen molar-refractivity contribution in [2.24, 2.45) is 5.92 Å². The summed E-state index contributed by atoms with van der Waals surface area (Å²) in [6.07, 6.45) is 4.82. The molecule has 1 aliphatic carbocycles. The third kappa shape index (κ3) is 7.30. The molecular weight excluding hydrogens is 456 g/mol. The lowest BCUT2D eigenvalue weighted by molar-refractivity contribution is -0.140. The molecule has 1 atom stereocenters. The van der Waals surface area contributed by atoms with Crippen LogP contribution in [-0.2, 0) is 19.1 Å². The number of imide groups is 1. The van der Waals surface area contributed by atoms with E-state index in [1.807, 2.05) is 4.90 Å². The van der Waals surface area contributed by atoms with Crippen molar-refractivity contribution in [3.8, 4) is 0 Å². The third-order valence-corrected chi connectivity index (χ3v) is 6.44. The average Bonchev–Trinajstić information content (AvgIpc) is 2.99. The van der Waals surface area contributed by atoms with Crippen LogP contribution in [0.3, 0.4) is 0 Å². The quantitative estimate of drug-likeness (QED) is 0.299. The van der Waals surface area contributed by atoms with Gasteiger partial charge in [0.25, 0.3) is 11.8 Å². The molecule has 6 amide bonds. The zero-order valence-electron chi connectivity index (χ0n) is 20.9. The van der Waals surface area contributed by atoms with E-state index < -0.39 is 35.1 Å². The Bertz CT molecular complexity index is 835. The zero-order chi connectivity index (χ0) is 25.6. The Kier molecular flexibility index (Phi) is 8.57. The minimum atomic E-state index is -0.894. The highest BCUT2D eigenvalue weighted by Gasteiger charge is 2.52. The molecule has 2 saturated heterocycles. The topological polar surface area (TPSA) is 149 Å². The molecule has 3 aliphatic rings. The van der Waals surface area contributed by atoms with Crippen LogP contribution in [0.4, 0.5) is 9.59 Å². The van der Waals surface area contributed by atoms with Crippen molar-refractivity contribution in [2.75, 3.05) is 32.7 Å². The van der Waals surface area contributed by atoms with Gasteiger partial charge in [-0.2, -0.15) is 5.01 Å². The molecule has 2 aliphatic heterocycles. The smallest absolute Gasteiger partial charge is 0.407 e. The SMILES string of the molecule is CC(C)(C)OC(=O)NCCNC(=O)C1CCCN(CC(=O)NN2C(=O)NC3(CCCCC3)C2=O)C1. The van der Waals surface area contributed by atoms with E-state index in [4.69, 9.17) is 4.74 Å². The number of hydrogen-bond donors (Lipinski definition) is 4. The number of hydrogen-bond acceptors (Lipinski definition) is 7. The van der Waals surface area contributed by atoms with Gasteiger partial charge in [0.1, 0.15) is 11.1 Å². The molecular formula is C23H38N6O6. The summed E-state index contributed by atoms with van der Waals surface area (Å²) in [5, 5.41) is 8.97. The highest BCUT2D eigenvalue weighted by Crippen LogP contribution is 2.33. The maximum absolute atomic E-state index is 12.8. The van der Waals surface area contributed by atoms with Gasteiger partial charge in [0.15, 0.2) is 0 Å². The Hall–Kier alpha value is -2.89. The molecule has 1 unspecified atom stereocenters. The van der Waals surface area contributed by atoms with Crippen molar-refractivity contribution in [1.82, 2.24) is 31.3 Å². The van der Waals surface area contributed by atoms with Crippen molar-refractivity contribution in [3.63, 3.8) is 0 Å². The summed E-state index contributed by atoms with van der Waals surface area (Å²) in [6.45, 7) is 6.84. The summed E-state index contributed by atoms with van der Waals surface area (Å²) in [5.74, 6) is -1.30. The molecule has 2 heterocycles. The summed E-state index contributed by atoms with van der Waals surface area (Å²) in [7, 11) is 0. The van der Waals surface area contributed by atoms with Crippen LogP contribution in [0.2, 0.25) is 0 Å². The van der Waals surface area contributed by atoms with E-state index in [0.717, 1.165) is 30.7 Å². The lowest BCUT2D eigenvalue weighted by Crippen LogP contribution is -2.53. The molecule has 0 aromatic carbocycles. The molecule has 0 aromatic heterocycles. The van der Waals surface area contributed by atoms with Crippen LogP contribution in [0.15, 0.2) is 0 Å². The van der Waals surface area contributed by atoms with Crippen LogP contribution in [0.1, 0.15) is 65.7 Å². The van der Waals surface area contributed by atoms with Crippen LogP contribution in [0, 0.1) is 5.92 Å². The second kappa shape index (κ2) is 11.2. The predicted octanol–water partition coefficient (Wildman–Crippen LogP) is 0.625. The molecule has 1 spiro atoms. The number of rotatable bonds is 7. The summed E-state index contributed by atoms with van der Waals surface area (Å²) >= 11 is 0. The molecule has 3 fully saturated rings. The van der Waals surface area contributed by atoms with E-state index in [9.17, 15) is 24.0 Å². The van der Waals surface area contributed by atoms with E-state index in [2.05, 4.69) is 21.4 Å². The predicted molar refractivity (Wildman–Crippen MR) is 126 cm³/mol. The highest BCUT2D eigenvalue weighted by molar-refractivity contribution is 6.08. The first-order valence-corrected chi connectivity index (χ1v) is 12.4. The highest BCUT2D eigenvalue weighted by atomic mass is 16.6. The van der Waals surface area contributed by atoms with E-state index >= 15 is 0 Å². The van der Waals surface area contributed by atoms with Crippen molar-refractivity contribution >= 4 is 29.8 Å². The zero-order valence-corrected chi connectivity index (χ0v) is 20.9. The fourth-order valence-corrected chi connectivity index (χ4v) is 4.80. The van der Waals surface area contributed by atoms with Gasteiger partial charge in [-0.05, 0) is 53.0 Å². The molecule has 4 N–H and O–H groups in total. The van der Waals surface area contributed by atoms with Gasteiger partial charge in [-0.1, -0.05) is 19.3 Å². The molecule has 3 rings (SSSR count). The molecule has 1 saturated carbocycles. The molecule has 12 nitrogen and oxygen atoms in total. The minimum Gasteiger partial charge on any atom is -0.444 e. The number of nitrogens with zero attached hydrogens (tertiary/aromatic N) is 2. The van der Waals surface area contributed by atoms with Gasteiger partial charge in [-0.3, -0.25) is 24.7 Å². The summed E-state index contributed by atoms with van der Waals surface area (Å²) in [6, 6.07) is -0.596. The lowest BCUT2D eigenvalue weighted by Gasteiger charge is -2.32. The maximum atomic E-state index is 12.8. The largest absolute Gasteiger partial charge is 0.444 e. The summed E-state index contributed by atoms with van der Waals surface area (Å²) in [5.41, 5.74) is 0.966. The van der Waals surface area contributed by atoms with Gasteiger partial charge < -0.3 is 20.7 Å². The minimum absolute atomic E-state index is 0.0198. The third-order valence-electron chi connectivity index (χ3n) is 6.44. The number of carbonyl (C=O) groups excluding carboxylic acids is 5. The van der Waals surface area contributed by atoms with Crippen molar-refractivity contribution in [2.45, 2.75) is 76.9 Å². The standard InChI is InChI=1S/C23H38N6O6/c1-22(2,3)35-21(34)25-12-11-24-18(31)16-8-7-13-28(14-16)15-17(30)27-29-19(32)23(26-20(29)33)9-5-4-6-10-23/h16H,4-15H2,1-3H3,(H,24,31)(H,25,34)(H,26,33)(H,27,30). The van der Waals surface area contributed by atoms with Crippen LogP contribution in [0.25, 0.3) is 0 Å². The van der Waals surface area contributed by atoms with Gasteiger partial charge in [-0.15, -0.1) is 0 Å². The lowest BCUT2D eigenvalue weighted by atomic mass is 9.82. The van der Waals surface area contributed by atoms with Gasteiger partial charge in [0.05, 0.1) is 12.5 Å². The normalized spacial score (nSPS) is 22.5. The molecule has 0 radical (unpaired) electrons. The Morgan fingerprint density at radius 3 is 2.43 bits per heavy atom. The Morgan fingerprint density at radius 1 is 1.06 bits per heavy atom. The number of likely N-dealkylation sites (tertiary alicyclic amines) is 1. The molecule has 0 aromatic rings. The number of alkyl carbamates (subject to hydrolysis) is 1. The second-order valence-corrected chi connectivity index (χ2v) is 10.5. The number of nitrogens with one attached hydrogen (secondary N) is 4. The van der Waals surface area contributed by atoms with E-state index in [0.29, 0.717) is 32.4 Å². The van der Waals surface area contributed by atoms with E-state index in [1.165, 1.54) is 0 Å². The number of hydrazine groups is 1. The van der Waals surface area contributed by atoms with Crippen molar-refractivity contribution in [3.05, 3.63) is 0 Å². The molecule has 196 valence electrons. The Balaban J connectivity index is 1.40. The molecule has 12 heteroatoms. The van der Waals surface area contributed by atoms with Crippen LogP contribution < -0.4 is 21.4 Å². The van der Waals surface area contributed by atoms with Gasteiger partial charge >= 0.3 is 12.1 Å². The van der Waals surface area contributed by atoms with Crippen LogP contribution >= 0.6 is 0 Å². The number of ether oxygens (including phenoxy) is 1. The first kappa shape index (κ1) is 26.7. The van der Waals surface area contributed by atoms with Crippen molar-refractivity contribution in [1.29, 1.82) is 0 Å². The van der Waals surface area contributed by atoms with Gasteiger partial charge in [-0.25, -0.2) is 9.59 Å². The van der Waals surface area contributed by atoms with E-state index in [1.54, 1.807) is 20.8 Å². The summed E-state index contributed by atoms with van der Waals surface area (Å²) in [4.78, 5) is 63.8. The fourth-order valence-electron chi connectivity index (χ4n) is 4.80. The number of urea groups is 1. The maximum Gasteiger partial charge on any atom is 0.407 e. The first-order valence-electron chi connectivity index (χ1n) is 12.4. The second-order valence-electron chi connectivity index (χ2n) is 10.5. The van der Waals surface area contributed by atoms with Gasteiger partial charge in [0.2, 0.25) is 5.91 Å². The molecule has 0 bridgehead atoms. The number of piperidine rings is 1. The van der Waals surface area contributed by atoms with Crippen molar-refractivity contribution < 1.29 is 28.7 Å². The van der Waals surface area contributed by atoms with E-state index in [-0.39, 0.29) is 31.5 Å². The number of carbonyl (C=O) groups is 5. The average molecular weight is 495 g/mol. The fraction of sp³-hybridized carbons (Fsp3) is 0.783. The first-order chi connectivity index (χ1) is 16.5. The van der Waals surface area contributed by atoms with Crippen LogP contribution in [0.5, 0.6) is 0 Å². The Labute approximate surface area is 205 Å². The monoisotopic (exact) mass is 494 g/mol. The Morgan fingerprint density at radius 2 is 1.74 bits per heavy atom. The molecule has 35 heavy (non-hydrogen) atoms. The summed E-state index contributed by atoms with van der Waals surface area (Å²) < 4.78 is 5.15. The van der Waals surface area contributed by atoms with Crippen LogP contribution in [-0.4, -0.2) is 83.6 Å². The number of amides is 6. The van der Waals surface area contributed by atoms with Gasteiger partial charge in [0, 0.05) is 19.6 Å².